The van der Waals surface area contributed by atoms with Gasteiger partial charge in [-0.2, -0.15) is 11.3 Å². The van der Waals surface area contributed by atoms with Gasteiger partial charge in [-0.25, -0.2) is 4.98 Å². The fourth-order valence-corrected chi connectivity index (χ4v) is 4.96. The Bertz CT molecular complexity index is 949. The second-order valence-electron chi connectivity index (χ2n) is 6.59. The molecule has 4 rings (SSSR count). The van der Waals surface area contributed by atoms with Crippen molar-refractivity contribution in [3.8, 4) is 10.6 Å². The van der Waals surface area contributed by atoms with Gasteiger partial charge in [-0.05, 0) is 36.2 Å². The molecule has 3 aromatic rings. The van der Waals surface area contributed by atoms with Gasteiger partial charge in [0.2, 0.25) is 0 Å². The van der Waals surface area contributed by atoms with E-state index in [1.165, 1.54) is 11.3 Å². The Labute approximate surface area is 177 Å². The Morgan fingerprint density at radius 2 is 2.04 bits per heavy atom. The molecule has 1 aliphatic rings. The van der Waals surface area contributed by atoms with Crippen LogP contribution in [0.25, 0.3) is 10.6 Å². The number of benzene rings is 1. The van der Waals surface area contributed by atoms with Gasteiger partial charge in [-0.15, -0.1) is 11.3 Å². The highest BCUT2D eigenvalue weighted by Gasteiger charge is 2.20. The van der Waals surface area contributed by atoms with Crippen LogP contribution in [-0.4, -0.2) is 48.5 Å². The molecule has 1 aromatic carbocycles. The Kier molecular flexibility index (Phi) is 5.96. The number of carbonyl (C=O) groups is 1. The molecule has 1 saturated heterocycles. The Morgan fingerprint density at radius 3 is 2.75 bits per heavy atom. The van der Waals surface area contributed by atoms with Crippen molar-refractivity contribution in [3.63, 3.8) is 0 Å². The molecule has 0 saturated carbocycles. The van der Waals surface area contributed by atoms with Crippen LogP contribution in [0.3, 0.4) is 0 Å². The van der Waals surface area contributed by atoms with Gasteiger partial charge >= 0.3 is 0 Å². The first-order valence-corrected chi connectivity index (χ1v) is 11.4. The van der Waals surface area contributed by atoms with Gasteiger partial charge in [0.1, 0.15) is 10.7 Å². The topological polar surface area (TPSA) is 48.5 Å². The highest BCUT2D eigenvalue weighted by molar-refractivity contribution is 7.14. The molecule has 0 atom stereocenters. The minimum atomic E-state index is -0.214. The van der Waals surface area contributed by atoms with Gasteiger partial charge in [-0.1, -0.05) is 18.5 Å². The molecule has 1 amide bonds. The van der Waals surface area contributed by atoms with Crippen LogP contribution in [-0.2, 0) is 0 Å². The van der Waals surface area contributed by atoms with E-state index in [1.807, 2.05) is 35.0 Å². The van der Waals surface area contributed by atoms with Crippen molar-refractivity contribution in [2.75, 3.05) is 42.9 Å². The second kappa shape index (κ2) is 8.61. The summed E-state index contributed by atoms with van der Waals surface area (Å²) in [5.74, 6) is -0.214. The van der Waals surface area contributed by atoms with Crippen LogP contribution in [0.2, 0.25) is 5.02 Å². The quantitative estimate of drug-likeness (QED) is 0.621. The number of piperazine rings is 1. The fraction of sp³-hybridized carbons (Fsp3) is 0.300. The van der Waals surface area contributed by atoms with Gasteiger partial charge in [0.25, 0.3) is 5.91 Å². The van der Waals surface area contributed by atoms with E-state index < -0.39 is 0 Å². The van der Waals surface area contributed by atoms with Crippen LogP contribution in [0, 0.1) is 0 Å². The van der Waals surface area contributed by atoms with Gasteiger partial charge < -0.3 is 15.1 Å². The average Bonchev–Trinajstić information content (AvgIpc) is 3.40. The van der Waals surface area contributed by atoms with Gasteiger partial charge in [-0.3, -0.25) is 4.79 Å². The molecule has 28 heavy (non-hydrogen) atoms. The maximum atomic E-state index is 12.8. The molecule has 1 fully saturated rings. The van der Waals surface area contributed by atoms with Crippen LogP contribution in [0.15, 0.2) is 40.4 Å². The average molecular weight is 433 g/mol. The Balaban J connectivity index is 1.53. The van der Waals surface area contributed by atoms with E-state index >= 15 is 0 Å². The summed E-state index contributed by atoms with van der Waals surface area (Å²) in [6.45, 7) is 7.13. The van der Waals surface area contributed by atoms with Crippen LogP contribution in [0.4, 0.5) is 11.4 Å². The molecule has 8 heteroatoms. The number of anilines is 2. The first-order chi connectivity index (χ1) is 13.6. The lowest BCUT2D eigenvalue weighted by Gasteiger charge is -2.36. The first kappa shape index (κ1) is 19.4. The van der Waals surface area contributed by atoms with Gasteiger partial charge in [0.15, 0.2) is 0 Å². The van der Waals surface area contributed by atoms with E-state index in [2.05, 4.69) is 27.0 Å². The minimum absolute atomic E-state index is 0.214. The normalized spacial score (nSPS) is 15.0. The maximum Gasteiger partial charge on any atom is 0.275 e. The van der Waals surface area contributed by atoms with E-state index in [-0.39, 0.29) is 5.91 Å². The maximum absolute atomic E-state index is 12.8. The molecule has 1 aliphatic heterocycles. The summed E-state index contributed by atoms with van der Waals surface area (Å²) in [6.07, 6.45) is 0. The summed E-state index contributed by atoms with van der Waals surface area (Å²) in [5.41, 5.74) is 3.20. The smallest absolute Gasteiger partial charge is 0.275 e. The minimum Gasteiger partial charge on any atom is -0.367 e. The van der Waals surface area contributed by atoms with Crippen molar-refractivity contribution in [1.29, 1.82) is 0 Å². The van der Waals surface area contributed by atoms with Crippen LogP contribution < -0.4 is 10.2 Å². The number of nitrogens with one attached hydrogen (secondary N) is 1. The van der Waals surface area contributed by atoms with E-state index in [1.54, 1.807) is 16.7 Å². The number of hydrogen-bond acceptors (Lipinski definition) is 6. The Morgan fingerprint density at radius 1 is 1.21 bits per heavy atom. The van der Waals surface area contributed by atoms with Crippen molar-refractivity contribution >= 4 is 51.6 Å². The molecule has 0 unspecified atom stereocenters. The summed E-state index contributed by atoms with van der Waals surface area (Å²) in [7, 11) is 0. The number of aromatic nitrogens is 1. The number of likely N-dealkylation sites (N-methyl/N-ethyl adjacent to an activating group) is 1. The molecule has 0 aliphatic carbocycles. The summed E-state index contributed by atoms with van der Waals surface area (Å²) >= 11 is 9.31. The lowest BCUT2D eigenvalue weighted by Crippen LogP contribution is -2.46. The summed E-state index contributed by atoms with van der Waals surface area (Å²) in [5, 5.41) is 10.3. The van der Waals surface area contributed by atoms with Gasteiger partial charge in [0.05, 0.1) is 11.4 Å². The summed E-state index contributed by atoms with van der Waals surface area (Å²) in [4.78, 5) is 22.0. The third-order valence-corrected chi connectivity index (χ3v) is 6.68. The van der Waals surface area contributed by atoms with Crippen molar-refractivity contribution in [3.05, 3.63) is 51.1 Å². The predicted octanol–water partition coefficient (Wildman–Crippen LogP) is 4.92. The van der Waals surface area contributed by atoms with E-state index in [0.29, 0.717) is 10.7 Å². The number of carbonyl (C=O) groups excluding carboxylic acids is 1. The fourth-order valence-electron chi connectivity index (χ4n) is 3.27. The predicted molar refractivity (Wildman–Crippen MR) is 119 cm³/mol. The molecule has 3 heterocycles. The standard InChI is InChI=1S/C20H21ClN4OS2/c1-2-24-6-8-25(9-7-24)18-4-3-15(21)11-16(18)22-19(26)17-13-28-20(23-17)14-5-10-27-12-14/h3-5,10-13H,2,6-9H2,1H3,(H,22,26). The summed E-state index contributed by atoms with van der Waals surface area (Å²) in [6, 6.07) is 7.68. The molecular formula is C20H21ClN4OS2. The highest BCUT2D eigenvalue weighted by atomic mass is 35.5. The zero-order valence-electron chi connectivity index (χ0n) is 15.5. The third kappa shape index (κ3) is 4.22. The molecule has 1 N–H and O–H groups in total. The number of halogens is 1. The van der Waals surface area contributed by atoms with Crippen LogP contribution >= 0.6 is 34.3 Å². The number of rotatable bonds is 5. The monoisotopic (exact) mass is 432 g/mol. The second-order valence-corrected chi connectivity index (χ2v) is 8.66. The molecule has 2 aromatic heterocycles. The molecule has 0 spiro atoms. The zero-order valence-corrected chi connectivity index (χ0v) is 17.9. The SMILES string of the molecule is CCN1CCN(c2ccc(Cl)cc2NC(=O)c2csc(-c3ccsc3)n2)CC1. The van der Waals surface area contributed by atoms with Crippen molar-refractivity contribution < 1.29 is 4.79 Å². The van der Waals surface area contributed by atoms with E-state index in [4.69, 9.17) is 11.6 Å². The Hall–Kier alpha value is -1.93. The van der Waals surface area contributed by atoms with E-state index in [9.17, 15) is 4.79 Å². The number of hydrogen-bond donors (Lipinski definition) is 1. The van der Waals surface area contributed by atoms with Crippen molar-refractivity contribution in [2.24, 2.45) is 0 Å². The molecule has 0 radical (unpaired) electrons. The number of thiazole rings is 1. The van der Waals surface area contributed by atoms with Gasteiger partial charge in [0, 0.05) is 47.5 Å². The lowest BCUT2D eigenvalue weighted by molar-refractivity contribution is 0.102. The zero-order chi connectivity index (χ0) is 19.5. The van der Waals surface area contributed by atoms with E-state index in [0.717, 1.165) is 54.7 Å². The molecular weight excluding hydrogens is 412 g/mol. The number of amides is 1. The third-order valence-electron chi connectivity index (χ3n) is 4.87. The largest absolute Gasteiger partial charge is 0.367 e. The van der Waals surface area contributed by atoms with Crippen molar-refractivity contribution in [1.82, 2.24) is 9.88 Å². The van der Waals surface area contributed by atoms with Crippen LogP contribution in [0.5, 0.6) is 0 Å². The highest BCUT2D eigenvalue weighted by Crippen LogP contribution is 2.31. The molecule has 5 nitrogen and oxygen atoms in total. The number of thiophene rings is 1. The molecule has 0 bridgehead atoms. The lowest BCUT2D eigenvalue weighted by atomic mass is 10.2. The number of nitrogens with zero attached hydrogens (tertiary/aromatic N) is 3. The van der Waals surface area contributed by atoms with Crippen LogP contribution in [0.1, 0.15) is 17.4 Å². The first-order valence-electron chi connectivity index (χ1n) is 9.20. The summed E-state index contributed by atoms with van der Waals surface area (Å²) < 4.78 is 0. The molecule has 146 valence electrons. The van der Waals surface area contributed by atoms with Crippen molar-refractivity contribution in [2.45, 2.75) is 6.92 Å².